The third kappa shape index (κ3) is 4.52. The second-order valence-electron chi connectivity index (χ2n) is 7.02. The van der Waals surface area contributed by atoms with Gasteiger partial charge in [0.15, 0.2) is 0 Å². The van der Waals surface area contributed by atoms with Crippen LogP contribution in [-0.2, 0) is 9.53 Å². The van der Waals surface area contributed by atoms with Gasteiger partial charge in [0.25, 0.3) is 5.22 Å². The summed E-state index contributed by atoms with van der Waals surface area (Å²) >= 11 is 1.29. The summed E-state index contributed by atoms with van der Waals surface area (Å²) in [7, 11) is 0. The molecule has 150 valence electrons. The first-order chi connectivity index (χ1) is 14.1. The number of benzene rings is 2. The second kappa shape index (κ2) is 8.80. The first-order valence-corrected chi connectivity index (χ1v) is 10.5. The summed E-state index contributed by atoms with van der Waals surface area (Å²) in [4.78, 5) is 15.1. The quantitative estimate of drug-likeness (QED) is 0.592. The van der Waals surface area contributed by atoms with E-state index >= 15 is 0 Å². The van der Waals surface area contributed by atoms with E-state index in [4.69, 9.17) is 9.15 Å². The minimum absolute atomic E-state index is 0.0374. The Morgan fingerprint density at radius 1 is 1.03 bits per heavy atom. The van der Waals surface area contributed by atoms with E-state index in [0.29, 0.717) is 37.4 Å². The fraction of sp³-hybridized carbons (Fsp3) is 0.318. The van der Waals surface area contributed by atoms with Crippen molar-refractivity contribution in [1.82, 2.24) is 15.1 Å². The largest absolute Gasteiger partial charge is 0.411 e. The number of nitrogens with zero attached hydrogens (tertiary/aromatic N) is 3. The van der Waals surface area contributed by atoms with Gasteiger partial charge in [-0.1, -0.05) is 36.4 Å². The molecular formula is C22H23N3O3S. The molecule has 7 heteroatoms. The number of aromatic nitrogens is 2. The van der Waals surface area contributed by atoms with Crippen LogP contribution in [0.3, 0.4) is 0 Å². The van der Waals surface area contributed by atoms with Crippen LogP contribution in [0.2, 0.25) is 0 Å². The molecule has 1 saturated heterocycles. The van der Waals surface area contributed by atoms with E-state index in [1.54, 1.807) is 0 Å². The van der Waals surface area contributed by atoms with Crippen molar-refractivity contribution < 1.29 is 13.9 Å². The molecule has 0 aliphatic carbocycles. The number of thioether (sulfide) groups is 1. The summed E-state index contributed by atoms with van der Waals surface area (Å²) in [6.45, 7) is 6.44. The molecule has 6 nitrogen and oxygen atoms in total. The molecule has 0 spiro atoms. The molecule has 29 heavy (non-hydrogen) atoms. The maximum atomic E-state index is 13.2. The number of carbonyl (C=O) groups excluding carboxylic acids is 1. The monoisotopic (exact) mass is 409 g/mol. The topological polar surface area (TPSA) is 68.5 Å². The highest BCUT2D eigenvalue weighted by molar-refractivity contribution is 8.00. The lowest BCUT2D eigenvalue weighted by Gasteiger charge is -2.29. The number of hydrogen-bond donors (Lipinski definition) is 0. The molecule has 1 aliphatic rings. The molecule has 0 unspecified atom stereocenters. The SMILES string of the molecule is Cc1ccc(-c2nnc(S[C@H](C(=O)N3CCOCC3)c3ccccc3)o2)cc1C. The van der Waals surface area contributed by atoms with Crippen molar-refractivity contribution >= 4 is 17.7 Å². The first kappa shape index (κ1) is 19.7. The van der Waals surface area contributed by atoms with Crippen molar-refractivity contribution in [2.45, 2.75) is 24.3 Å². The van der Waals surface area contributed by atoms with Crippen LogP contribution >= 0.6 is 11.8 Å². The number of amides is 1. The molecule has 4 rings (SSSR count). The summed E-state index contributed by atoms with van der Waals surface area (Å²) in [5.41, 5.74) is 4.17. The van der Waals surface area contributed by atoms with Gasteiger partial charge in [0.2, 0.25) is 11.8 Å². The molecule has 0 bridgehead atoms. The minimum atomic E-state index is -0.442. The predicted octanol–water partition coefficient (Wildman–Crippen LogP) is 4.05. The smallest absolute Gasteiger partial charge is 0.277 e. The average Bonchev–Trinajstić information content (AvgIpc) is 3.23. The Bertz CT molecular complexity index is 984. The normalized spacial score (nSPS) is 15.3. The lowest BCUT2D eigenvalue weighted by molar-refractivity contribution is -0.134. The summed E-state index contributed by atoms with van der Waals surface area (Å²) in [6, 6.07) is 15.8. The lowest BCUT2D eigenvalue weighted by Crippen LogP contribution is -2.42. The van der Waals surface area contributed by atoms with Crippen molar-refractivity contribution in [2.24, 2.45) is 0 Å². The molecule has 3 aromatic rings. The van der Waals surface area contributed by atoms with E-state index in [1.807, 2.05) is 53.4 Å². The number of hydrogen-bond acceptors (Lipinski definition) is 6. The van der Waals surface area contributed by atoms with E-state index in [-0.39, 0.29) is 5.91 Å². The molecule has 0 saturated carbocycles. The Balaban J connectivity index is 1.58. The second-order valence-corrected chi connectivity index (χ2v) is 8.07. The van der Waals surface area contributed by atoms with Crippen molar-refractivity contribution in [3.63, 3.8) is 0 Å². The van der Waals surface area contributed by atoms with Crippen molar-refractivity contribution in [3.05, 3.63) is 65.2 Å². The Labute approximate surface area is 174 Å². The molecule has 2 aromatic carbocycles. The first-order valence-electron chi connectivity index (χ1n) is 9.61. The van der Waals surface area contributed by atoms with Crippen LogP contribution in [0.5, 0.6) is 0 Å². The lowest BCUT2D eigenvalue weighted by atomic mass is 10.1. The maximum Gasteiger partial charge on any atom is 0.277 e. The number of ether oxygens (including phenoxy) is 1. The highest BCUT2D eigenvalue weighted by Gasteiger charge is 2.30. The van der Waals surface area contributed by atoms with E-state index < -0.39 is 5.25 Å². The maximum absolute atomic E-state index is 13.2. The van der Waals surface area contributed by atoms with Crippen LogP contribution in [0.25, 0.3) is 11.5 Å². The standard InChI is InChI=1S/C22H23N3O3S/c1-15-8-9-18(14-16(15)2)20-23-24-22(28-20)29-19(17-6-4-3-5-7-17)21(26)25-10-12-27-13-11-25/h3-9,14,19H,10-13H2,1-2H3/t19-/m0/s1. The van der Waals surface area contributed by atoms with E-state index in [1.165, 1.54) is 22.9 Å². The third-order valence-electron chi connectivity index (χ3n) is 5.03. The third-order valence-corrected chi connectivity index (χ3v) is 6.10. The Hall–Kier alpha value is -2.64. The molecule has 0 N–H and O–H groups in total. The predicted molar refractivity (Wildman–Crippen MR) is 112 cm³/mol. The molecular weight excluding hydrogens is 386 g/mol. The summed E-state index contributed by atoms with van der Waals surface area (Å²) in [5, 5.41) is 8.32. The van der Waals surface area contributed by atoms with Crippen LogP contribution in [-0.4, -0.2) is 47.3 Å². The van der Waals surface area contributed by atoms with Gasteiger partial charge in [0.1, 0.15) is 5.25 Å². The van der Waals surface area contributed by atoms with E-state index in [2.05, 4.69) is 24.0 Å². The van der Waals surface area contributed by atoms with Gasteiger partial charge in [-0.2, -0.15) is 0 Å². The van der Waals surface area contributed by atoms with Gasteiger partial charge in [-0.15, -0.1) is 10.2 Å². The van der Waals surface area contributed by atoms with Crippen LogP contribution in [0.1, 0.15) is 21.9 Å². The molecule has 1 fully saturated rings. The molecule has 1 amide bonds. The zero-order valence-electron chi connectivity index (χ0n) is 16.5. The van der Waals surface area contributed by atoms with Crippen LogP contribution in [0.15, 0.2) is 58.2 Å². The van der Waals surface area contributed by atoms with E-state index in [9.17, 15) is 4.79 Å². The van der Waals surface area contributed by atoms with Crippen LogP contribution < -0.4 is 0 Å². The van der Waals surface area contributed by atoms with Crippen LogP contribution in [0.4, 0.5) is 0 Å². The zero-order valence-corrected chi connectivity index (χ0v) is 17.3. The molecule has 1 aromatic heterocycles. The van der Waals surface area contributed by atoms with Gasteiger partial charge in [-0.25, -0.2) is 0 Å². The highest BCUT2D eigenvalue weighted by atomic mass is 32.2. The number of carbonyl (C=O) groups is 1. The average molecular weight is 410 g/mol. The zero-order chi connectivity index (χ0) is 20.2. The molecule has 1 aliphatic heterocycles. The van der Waals surface area contributed by atoms with Crippen molar-refractivity contribution in [1.29, 1.82) is 0 Å². The van der Waals surface area contributed by atoms with Gasteiger partial charge in [-0.05, 0) is 54.4 Å². The van der Waals surface area contributed by atoms with Gasteiger partial charge in [-0.3, -0.25) is 4.79 Å². The Kier molecular flexibility index (Phi) is 5.97. The summed E-state index contributed by atoms with van der Waals surface area (Å²) in [6.07, 6.45) is 0. The molecule has 2 heterocycles. The van der Waals surface area contributed by atoms with Gasteiger partial charge in [0, 0.05) is 18.7 Å². The molecule has 1 atom stereocenters. The van der Waals surface area contributed by atoms with Gasteiger partial charge < -0.3 is 14.1 Å². The number of rotatable bonds is 5. The van der Waals surface area contributed by atoms with Gasteiger partial charge in [0.05, 0.1) is 13.2 Å². The molecule has 0 radical (unpaired) electrons. The van der Waals surface area contributed by atoms with Crippen LogP contribution in [0, 0.1) is 13.8 Å². The van der Waals surface area contributed by atoms with E-state index in [0.717, 1.165) is 11.1 Å². The fourth-order valence-corrected chi connectivity index (χ4v) is 4.15. The number of aryl methyl sites for hydroxylation is 2. The van der Waals surface area contributed by atoms with Crippen molar-refractivity contribution in [3.8, 4) is 11.5 Å². The van der Waals surface area contributed by atoms with Crippen molar-refractivity contribution in [2.75, 3.05) is 26.3 Å². The minimum Gasteiger partial charge on any atom is -0.411 e. The fourth-order valence-electron chi connectivity index (χ4n) is 3.19. The van der Waals surface area contributed by atoms with Gasteiger partial charge >= 0.3 is 0 Å². The number of morpholine rings is 1. The Morgan fingerprint density at radius 3 is 2.52 bits per heavy atom. The summed E-state index contributed by atoms with van der Waals surface area (Å²) in [5.74, 6) is 0.497. The highest BCUT2D eigenvalue weighted by Crippen LogP contribution is 2.37. The summed E-state index contributed by atoms with van der Waals surface area (Å²) < 4.78 is 11.3. The Morgan fingerprint density at radius 2 is 1.79 bits per heavy atom.